The smallest absolute Gasteiger partial charge is 0.280 e. The van der Waals surface area contributed by atoms with E-state index in [4.69, 9.17) is 4.74 Å². The molecule has 1 amide bonds. The van der Waals surface area contributed by atoms with Gasteiger partial charge >= 0.3 is 0 Å². The molecule has 0 bridgehead atoms. The van der Waals surface area contributed by atoms with Crippen molar-refractivity contribution in [3.8, 4) is 0 Å². The van der Waals surface area contributed by atoms with Crippen molar-refractivity contribution in [2.75, 3.05) is 32.8 Å². The first kappa shape index (κ1) is 12.7. The zero-order chi connectivity index (χ0) is 13.1. The fraction of sp³-hybridized carbons (Fsp3) is 0.800. The van der Waals surface area contributed by atoms with Gasteiger partial charge in [-0.05, 0) is 6.42 Å². The average molecular weight is 256 g/mol. The Balaban J connectivity index is 2.09. The van der Waals surface area contributed by atoms with E-state index < -0.39 is 5.03 Å². The second-order valence-corrected chi connectivity index (χ2v) is 4.48. The second-order valence-electron chi connectivity index (χ2n) is 4.48. The van der Waals surface area contributed by atoms with E-state index in [1.165, 1.54) is 11.8 Å². The summed E-state index contributed by atoms with van der Waals surface area (Å²) in [6, 6.07) is 0. The number of guanidine groups is 1. The van der Waals surface area contributed by atoms with Gasteiger partial charge in [0.15, 0.2) is 5.03 Å². The van der Waals surface area contributed by atoms with E-state index in [1.54, 1.807) is 4.90 Å². The lowest BCUT2D eigenvalue weighted by atomic mass is 10.1. The maximum Gasteiger partial charge on any atom is 0.280 e. The van der Waals surface area contributed by atoms with Crippen molar-refractivity contribution >= 4 is 11.9 Å². The maximum absolute atomic E-state index is 11.4. The molecule has 0 N–H and O–H groups in total. The van der Waals surface area contributed by atoms with Gasteiger partial charge in [0.05, 0.1) is 6.61 Å². The summed E-state index contributed by atoms with van der Waals surface area (Å²) in [6.45, 7) is 4.48. The molecule has 2 fully saturated rings. The molecule has 0 aromatic carbocycles. The van der Waals surface area contributed by atoms with Gasteiger partial charge in [-0.15, -0.1) is 0 Å². The number of nitrogens with zero attached hydrogens (tertiary/aromatic N) is 4. The number of carbonyl (C=O) groups is 1. The van der Waals surface area contributed by atoms with Crippen LogP contribution < -0.4 is 0 Å². The highest BCUT2D eigenvalue weighted by Crippen LogP contribution is 2.18. The van der Waals surface area contributed by atoms with Crippen LogP contribution in [0.2, 0.25) is 0 Å². The molecule has 2 saturated heterocycles. The Morgan fingerprint density at radius 1 is 1.61 bits per heavy atom. The minimum absolute atomic E-state index is 0.152. The SMILES string of the molecule is CC(=O)N1CCN(CC2CCOC2)C1=N[N+](=O)[O-]. The van der Waals surface area contributed by atoms with Gasteiger partial charge in [-0.2, -0.15) is 0 Å². The molecular weight excluding hydrogens is 240 g/mol. The van der Waals surface area contributed by atoms with Crippen LogP contribution in [0.5, 0.6) is 0 Å². The zero-order valence-electron chi connectivity index (χ0n) is 10.2. The fourth-order valence-corrected chi connectivity index (χ4v) is 2.29. The van der Waals surface area contributed by atoms with E-state index >= 15 is 0 Å². The first-order chi connectivity index (χ1) is 8.58. The van der Waals surface area contributed by atoms with Gasteiger partial charge < -0.3 is 9.64 Å². The molecule has 8 nitrogen and oxygen atoms in total. The van der Waals surface area contributed by atoms with Crippen molar-refractivity contribution in [3.05, 3.63) is 10.1 Å². The van der Waals surface area contributed by atoms with Crippen LogP contribution in [-0.4, -0.2) is 59.5 Å². The van der Waals surface area contributed by atoms with Crippen LogP contribution in [0.25, 0.3) is 0 Å². The van der Waals surface area contributed by atoms with Gasteiger partial charge in [0, 0.05) is 39.1 Å². The number of nitro groups is 1. The third-order valence-corrected chi connectivity index (χ3v) is 3.17. The van der Waals surface area contributed by atoms with Crippen molar-refractivity contribution in [1.29, 1.82) is 0 Å². The van der Waals surface area contributed by atoms with Gasteiger partial charge in [0.2, 0.25) is 5.91 Å². The van der Waals surface area contributed by atoms with Crippen molar-refractivity contribution in [2.45, 2.75) is 13.3 Å². The van der Waals surface area contributed by atoms with Crippen LogP contribution in [-0.2, 0) is 9.53 Å². The second kappa shape index (κ2) is 5.30. The topological polar surface area (TPSA) is 88.3 Å². The minimum atomic E-state index is -0.755. The van der Waals surface area contributed by atoms with Crippen molar-refractivity contribution < 1.29 is 14.6 Å². The predicted octanol–water partition coefficient (Wildman–Crippen LogP) is -0.265. The third-order valence-electron chi connectivity index (χ3n) is 3.17. The van der Waals surface area contributed by atoms with Gasteiger partial charge in [-0.25, -0.2) is 10.1 Å². The number of amides is 1. The van der Waals surface area contributed by atoms with E-state index in [-0.39, 0.29) is 11.9 Å². The quantitative estimate of drug-likeness (QED) is 0.512. The lowest BCUT2D eigenvalue weighted by Crippen LogP contribution is -2.39. The van der Waals surface area contributed by atoms with Crippen LogP contribution in [0.4, 0.5) is 0 Å². The molecule has 0 aliphatic carbocycles. The van der Waals surface area contributed by atoms with E-state index in [0.29, 0.717) is 32.2 Å². The van der Waals surface area contributed by atoms with Crippen LogP contribution >= 0.6 is 0 Å². The van der Waals surface area contributed by atoms with E-state index in [9.17, 15) is 14.9 Å². The van der Waals surface area contributed by atoms with Crippen LogP contribution in [0.1, 0.15) is 13.3 Å². The van der Waals surface area contributed by atoms with E-state index in [2.05, 4.69) is 5.10 Å². The van der Waals surface area contributed by atoms with Gasteiger partial charge in [-0.1, -0.05) is 0 Å². The molecule has 2 rings (SSSR count). The number of rotatable bonds is 3. The largest absolute Gasteiger partial charge is 0.381 e. The Morgan fingerprint density at radius 2 is 2.39 bits per heavy atom. The van der Waals surface area contributed by atoms with Crippen molar-refractivity contribution in [2.24, 2.45) is 11.0 Å². The number of carbonyl (C=O) groups excluding carboxylic acids is 1. The maximum atomic E-state index is 11.4. The molecule has 2 aliphatic rings. The van der Waals surface area contributed by atoms with Crippen LogP contribution in [0.15, 0.2) is 5.10 Å². The summed E-state index contributed by atoms with van der Waals surface area (Å²) in [5.41, 5.74) is 0. The minimum Gasteiger partial charge on any atom is -0.381 e. The first-order valence-corrected chi connectivity index (χ1v) is 5.91. The monoisotopic (exact) mass is 256 g/mol. The highest BCUT2D eigenvalue weighted by molar-refractivity contribution is 5.97. The molecule has 0 spiro atoms. The summed E-state index contributed by atoms with van der Waals surface area (Å²) in [4.78, 5) is 25.1. The molecule has 0 saturated carbocycles. The first-order valence-electron chi connectivity index (χ1n) is 5.91. The van der Waals surface area contributed by atoms with E-state index in [0.717, 1.165) is 13.0 Å². The van der Waals surface area contributed by atoms with Crippen LogP contribution in [0, 0.1) is 16.0 Å². The molecule has 0 aromatic heterocycles. The predicted molar refractivity (Wildman–Crippen MR) is 62.3 cm³/mol. The molecule has 2 aliphatic heterocycles. The molecular formula is C10H16N4O4. The fourth-order valence-electron chi connectivity index (χ4n) is 2.29. The van der Waals surface area contributed by atoms with Crippen molar-refractivity contribution in [1.82, 2.24) is 9.80 Å². The number of ether oxygens (including phenoxy) is 1. The number of hydrogen-bond acceptors (Lipinski definition) is 4. The summed E-state index contributed by atoms with van der Waals surface area (Å²) in [7, 11) is 0. The van der Waals surface area contributed by atoms with Gasteiger partial charge in [0.25, 0.3) is 5.96 Å². The lowest BCUT2D eigenvalue weighted by Gasteiger charge is -2.21. The molecule has 8 heteroatoms. The Hall–Kier alpha value is -1.70. The molecule has 2 heterocycles. The number of hydrazone groups is 1. The summed E-state index contributed by atoms with van der Waals surface area (Å²) < 4.78 is 5.28. The normalized spacial score (nSPS) is 26.1. The Morgan fingerprint density at radius 3 is 2.94 bits per heavy atom. The Bertz CT molecular complexity index is 378. The van der Waals surface area contributed by atoms with Gasteiger partial charge in [-0.3, -0.25) is 9.69 Å². The average Bonchev–Trinajstić information content (AvgIpc) is 2.89. The molecule has 1 atom stereocenters. The third kappa shape index (κ3) is 2.76. The summed E-state index contributed by atoms with van der Waals surface area (Å²) >= 11 is 0. The van der Waals surface area contributed by atoms with Crippen molar-refractivity contribution in [3.63, 3.8) is 0 Å². The summed E-state index contributed by atoms with van der Waals surface area (Å²) in [5, 5.41) is 13.1. The standard InChI is InChI=1S/C10H16N4O4/c1-8(15)13-4-3-12(10(13)11-14(16)17)6-9-2-5-18-7-9/h9H,2-7H2,1H3. The highest BCUT2D eigenvalue weighted by atomic mass is 16.7. The number of hydrogen-bond donors (Lipinski definition) is 0. The molecule has 0 radical (unpaired) electrons. The molecule has 18 heavy (non-hydrogen) atoms. The Kier molecular flexibility index (Phi) is 3.75. The van der Waals surface area contributed by atoms with Crippen LogP contribution in [0.3, 0.4) is 0 Å². The molecule has 0 aromatic rings. The summed E-state index contributed by atoms with van der Waals surface area (Å²) in [6.07, 6.45) is 0.947. The van der Waals surface area contributed by atoms with Gasteiger partial charge in [0.1, 0.15) is 5.10 Å². The summed E-state index contributed by atoms with van der Waals surface area (Å²) in [5.74, 6) is 0.286. The Labute approximate surface area is 104 Å². The zero-order valence-corrected chi connectivity index (χ0v) is 10.2. The van der Waals surface area contributed by atoms with E-state index in [1.807, 2.05) is 0 Å². The highest BCUT2D eigenvalue weighted by Gasteiger charge is 2.34. The molecule has 100 valence electrons. The lowest BCUT2D eigenvalue weighted by molar-refractivity contribution is -0.486. The molecule has 1 unspecified atom stereocenters.